The number of hydrogen-bond donors (Lipinski definition) is 0. The molecule has 7 heteroatoms. The molecule has 0 spiro atoms. The number of hydrogen-bond acceptors (Lipinski definition) is 4. The Hall–Kier alpha value is -0.400. The predicted octanol–water partition coefficient (Wildman–Crippen LogP) is 2.46. The summed E-state index contributed by atoms with van der Waals surface area (Å²) >= 11 is 4.35. The van der Waals surface area contributed by atoms with Gasteiger partial charge in [-0.3, -0.25) is 4.79 Å². The first-order valence-electron chi connectivity index (χ1n) is 5.26. The normalized spacial score (nSPS) is 21.2. The number of nitrogens with zero attached hydrogens (tertiary/aromatic N) is 1. The summed E-state index contributed by atoms with van der Waals surface area (Å²) in [5.74, 6) is -0.137. The summed E-state index contributed by atoms with van der Waals surface area (Å²) in [5, 5.41) is 0. The number of halogens is 1. The fourth-order valence-corrected chi connectivity index (χ4v) is 5.41. The Morgan fingerprint density at radius 2 is 2.24 bits per heavy atom. The highest BCUT2D eigenvalue weighted by Crippen LogP contribution is 2.32. The average Bonchev–Trinajstić information content (AvgIpc) is 2.85. The average molecular weight is 338 g/mol. The lowest BCUT2D eigenvalue weighted by atomic mass is 10.1. The summed E-state index contributed by atoms with van der Waals surface area (Å²) in [6.07, 6.45) is 1.16. The minimum Gasteiger partial charge on any atom is -0.274 e. The first-order chi connectivity index (χ1) is 7.95. The van der Waals surface area contributed by atoms with Crippen molar-refractivity contribution in [2.45, 2.75) is 24.0 Å². The van der Waals surface area contributed by atoms with Gasteiger partial charge in [0.05, 0.1) is 3.79 Å². The van der Waals surface area contributed by atoms with Crippen molar-refractivity contribution in [3.8, 4) is 0 Å². The zero-order valence-electron chi connectivity index (χ0n) is 9.22. The van der Waals surface area contributed by atoms with Crippen molar-refractivity contribution >= 4 is 43.2 Å². The Kier molecular flexibility index (Phi) is 3.61. The largest absolute Gasteiger partial charge is 0.276 e. The fraction of sp³-hybridized carbons (Fsp3) is 0.500. The van der Waals surface area contributed by atoms with Gasteiger partial charge in [-0.25, -0.2) is 12.7 Å². The Balaban J connectivity index is 2.31. The molecule has 1 aliphatic rings. The van der Waals surface area contributed by atoms with E-state index in [2.05, 4.69) is 15.9 Å². The van der Waals surface area contributed by atoms with E-state index in [0.717, 1.165) is 25.8 Å². The van der Waals surface area contributed by atoms with Gasteiger partial charge in [-0.15, -0.1) is 11.3 Å². The smallest absolute Gasteiger partial charge is 0.274 e. The van der Waals surface area contributed by atoms with Crippen molar-refractivity contribution in [1.82, 2.24) is 4.31 Å². The first-order valence-corrected chi connectivity index (χ1v) is 8.31. The van der Waals surface area contributed by atoms with Crippen LogP contribution in [0.15, 0.2) is 20.1 Å². The number of sulfonamides is 1. The van der Waals surface area contributed by atoms with Crippen LogP contribution in [-0.4, -0.2) is 25.2 Å². The Labute approximate surface area is 113 Å². The number of carbonyl (C=O) groups excluding carboxylic acids is 1. The van der Waals surface area contributed by atoms with Crippen LogP contribution < -0.4 is 0 Å². The van der Waals surface area contributed by atoms with E-state index in [9.17, 15) is 13.2 Å². The number of rotatable bonds is 3. The van der Waals surface area contributed by atoms with E-state index in [1.807, 2.05) is 6.92 Å². The van der Waals surface area contributed by atoms with E-state index in [1.165, 1.54) is 6.07 Å². The van der Waals surface area contributed by atoms with Crippen LogP contribution >= 0.6 is 27.3 Å². The van der Waals surface area contributed by atoms with Crippen LogP contribution in [-0.2, 0) is 14.8 Å². The standard InChI is InChI=1S/C10H12BrNO3S2/c1-2-7-5-9(13)12(6-7)17(14,15)10-4-3-8(11)16-10/h3-4,7H,2,5-6H2,1H3. The third-order valence-corrected chi connectivity index (χ3v) is 6.71. The van der Waals surface area contributed by atoms with Gasteiger partial charge in [-0.2, -0.15) is 0 Å². The molecule has 0 bridgehead atoms. The minimum absolute atomic E-state index is 0.153. The third-order valence-electron chi connectivity index (χ3n) is 2.84. The van der Waals surface area contributed by atoms with E-state index in [1.54, 1.807) is 6.07 Å². The van der Waals surface area contributed by atoms with Crippen LogP contribution in [0.1, 0.15) is 19.8 Å². The summed E-state index contributed by atoms with van der Waals surface area (Å²) in [5.41, 5.74) is 0. The van der Waals surface area contributed by atoms with Crippen LogP contribution in [0.2, 0.25) is 0 Å². The molecule has 0 aromatic carbocycles. The summed E-state index contributed by atoms with van der Waals surface area (Å²) < 4.78 is 26.4. The molecule has 2 rings (SSSR count). The van der Waals surface area contributed by atoms with E-state index in [0.29, 0.717) is 13.0 Å². The highest BCUT2D eigenvalue weighted by atomic mass is 79.9. The van der Waals surface area contributed by atoms with Gasteiger partial charge in [0.2, 0.25) is 5.91 Å². The van der Waals surface area contributed by atoms with Gasteiger partial charge < -0.3 is 0 Å². The molecule has 1 saturated heterocycles. The zero-order valence-corrected chi connectivity index (χ0v) is 12.4. The molecular formula is C10H12BrNO3S2. The molecule has 0 radical (unpaired) electrons. The first kappa shape index (κ1) is 13.0. The van der Waals surface area contributed by atoms with Gasteiger partial charge >= 0.3 is 0 Å². The van der Waals surface area contributed by atoms with E-state index < -0.39 is 10.0 Å². The van der Waals surface area contributed by atoms with Crippen molar-refractivity contribution in [3.05, 3.63) is 15.9 Å². The van der Waals surface area contributed by atoms with Crippen molar-refractivity contribution in [2.75, 3.05) is 6.54 Å². The predicted molar refractivity (Wildman–Crippen MR) is 69.3 cm³/mol. The maximum atomic E-state index is 12.2. The molecule has 0 N–H and O–H groups in total. The Morgan fingerprint density at radius 3 is 2.71 bits per heavy atom. The van der Waals surface area contributed by atoms with Gasteiger partial charge in [-0.1, -0.05) is 13.3 Å². The summed E-state index contributed by atoms with van der Waals surface area (Å²) in [6.45, 7) is 2.28. The van der Waals surface area contributed by atoms with Crippen LogP contribution in [0, 0.1) is 5.92 Å². The molecule has 1 unspecified atom stereocenters. The highest BCUT2D eigenvalue weighted by molar-refractivity contribution is 9.11. The van der Waals surface area contributed by atoms with E-state index in [-0.39, 0.29) is 16.0 Å². The molecule has 1 atom stereocenters. The molecule has 1 aromatic heterocycles. The number of carbonyl (C=O) groups is 1. The molecular weight excluding hydrogens is 326 g/mol. The molecule has 1 aromatic rings. The molecule has 94 valence electrons. The van der Waals surface area contributed by atoms with Crippen molar-refractivity contribution in [1.29, 1.82) is 0 Å². The maximum absolute atomic E-state index is 12.2. The van der Waals surface area contributed by atoms with E-state index in [4.69, 9.17) is 0 Å². The van der Waals surface area contributed by atoms with Crippen LogP contribution in [0.25, 0.3) is 0 Å². The van der Waals surface area contributed by atoms with E-state index >= 15 is 0 Å². The highest BCUT2D eigenvalue weighted by Gasteiger charge is 2.38. The molecule has 2 heterocycles. The second kappa shape index (κ2) is 4.70. The van der Waals surface area contributed by atoms with Gasteiger partial charge in [0, 0.05) is 13.0 Å². The topological polar surface area (TPSA) is 54.5 Å². The number of thiophene rings is 1. The van der Waals surface area contributed by atoms with Crippen LogP contribution in [0.5, 0.6) is 0 Å². The molecule has 0 aliphatic carbocycles. The number of amides is 1. The second-order valence-electron chi connectivity index (χ2n) is 3.97. The van der Waals surface area contributed by atoms with Gasteiger partial charge in [0.1, 0.15) is 4.21 Å². The van der Waals surface area contributed by atoms with Crippen LogP contribution in [0.3, 0.4) is 0 Å². The molecule has 4 nitrogen and oxygen atoms in total. The fourth-order valence-electron chi connectivity index (χ4n) is 1.80. The monoisotopic (exact) mass is 337 g/mol. The van der Waals surface area contributed by atoms with Gasteiger partial charge in [0.15, 0.2) is 0 Å². The summed E-state index contributed by atoms with van der Waals surface area (Å²) in [6, 6.07) is 3.20. The molecule has 1 fully saturated rings. The Bertz CT molecular complexity index is 538. The molecule has 1 amide bonds. The molecule has 17 heavy (non-hydrogen) atoms. The summed E-state index contributed by atoms with van der Waals surface area (Å²) in [7, 11) is -3.64. The van der Waals surface area contributed by atoms with Crippen LogP contribution in [0.4, 0.5) is 0 Å². The quantitative estimate of drug-likeness (QED) is 0.851. The third kappa shape index (κ3) is 2.41. The van der Waals surface area contributed by atoms with Gasteiger partial charge in [0.25, 0.3) is 10.0 Å². The summed E-state index contributed by atoms with van der Waals surface area (Å²) in [4.78, 5) is 11.7. The lowest BCUT2D eigenvalue weighted by Gasteiger charge is -2.15. The van der Waals surface area contributed by atoms with Crippen molar-refractivity contribution in [3.63, 3.8) is 0 Å². The lowest BCUT2D eigenvalue weighted by molar-refractivity contribution is -0.123. The molecule has 0 saturated carbocycles. The van der Waals surface area contributed by atoms with Crippen molar-refractivity contribution in [2.24, 2.45) is 5.92 Å². The lowest BCUT2D eigenvalue weighted by Crippen LogP contribution is -2.31. The Morgan fingerprint density at radius 1 is 1.53 bits per heavy atom. The second-order valence-corrected chi connectivity index (χ2v) is 8.52. The maximum Gasteiger partial charge on any atom is 0.276 e. The SMILES string of the molecule is CCC1CC(=O)N(S(=O)(=O)c2ccc(Br)s2)C1. The van der Waals surface area contributed by atoms with Gasteiger partial charge in [-0.05, 0) is 34.0 Å². The molecule has 1 aliphatic heterocycles. The zero-order chi connectivity index (χ0) is 12.6. The van der Waals surface area contributed by atoms with Crippen molar-refractivity contribution < 1.29 is 13.2 Å². The minimum atomic E-state index is -3.64.